The van der Waals surface area contributed by atoms with Crippen LogP contribution in [0.2, 0.25) is 0 Å². The molecule has 0 aliphatic rings. The molecule has 68 valence electrons. The highest BCUT2D eigenvalue weighted by Gasteiger charge is 2.08. The Balaban J connectivity index is 2.67. The van der Waals surface area contributed by atoms with Gasteiger partial charge in [0.05, 0.1) is 11.7 Å². The summed E-state index contributed by atoms with van der Waals surface area (Å²) in [5, 5.41) is 4.61. The Bertz CT molecular complexity index is 620. The van der Waals surface area contributed by atoms with Gasteiger partial charge in [-0.05, 0) is 12.1 Å². The highest BCUT2D eigenvalue weighted by molar-refractivity contribution is 7.80. The van der Waals surface area contributed by atoms with Crippen molar-refractivity contribution in [3.63, 3.8) is 0 Å². The predicted molar refractivity (Wildman–Crippen MR) is 54.4 cm³/mol. The van der Waals surface area contributed by atoms with Gasteiger partial charge in [-0.1, -0.05) is 5.16 Å². The maximum Gasteiger partial charge on any atom is 0.194 e. The normalized spacial score (nSPS) is 11.2. The van der Waals surface area contributed by atoms with Gasteiger partial charge in [-0.15, -0.1) is 12.6 Å². The third kappa shape index (κ3) is 0.927. The Morgan fingerprint density at radius 2 is 2.21 bits per heavy atom. The van der Waals surface area contributed by atoms with Gasteiger partial charge in [0, 0.05) is 10.3 Å². The van der Waals surface area contributed by atoms with Gasteiger partial charge in [-0.3, -0.25) is 0 Å². The molecule has 0 N–H and O–H groups in total. The highest BCUT2D eigenvalue weighted by atomic mass is 32.1. The molecule has 0 radical (unpaired) electrons. The molecule has 14 heavy (non-hydrogen) atoms. The zero-order valence-corrected chi connectivity index (χ0v) is 7.90. The molecule has 0 fully saturated rings. The van der Waals surface area contributed by atoms with Crippen LogP contribution in [0.3, 0.4) is 0 Å². The number of hydrogen-bond acceptors (Lipinski definition) is 5. The molecule has 0 amide bonds. The molecule has 5 heteroatoms. The summed E-state index contributed by atoms with van der Waals surface area (Å²) in [6.07, 6.45) is 3.09. The summed E-state index contributed by atoms with van der Waals surface area (Å²) >= 11 is 4.35. The van der Waals surface area contributed by atoms with E-state index in [4.69, 9.17) is 4.52 Å². The number of hydrogen-bond donors (Lipinski definition) is 1. The third-order valence-corrected chi connectivity index (χ3v) is 2.45. The number of benzene rings is 1. The van der Waals surface area contributed by atoms with E-state index in [2.05, 4.69) is 27.8 Å². The minimum absolute atomic E-state index is 0.632. The molecule has 0 unspecified atom stereocenters. The summed E-state index contributed by atoms with van der Waals surface area (Å²) in [6.45, 7) is 0. The second kappa shape index (κ2) is 2.68. The molecule has 4 nitrogen and oxygen atoms in total. The Morgan fingerprint density at radius 1 is 1.29 bits per heavy atom. The fourth-order valence-corrected chi connectivity index (χ4v) is 1.75. The SMILES string of the molecule is Sc1cc2ncnc2c2onccc12. The number of thiol groups is 1. The smallest absolute Gasteiger partial charge is 0.194 e. The highest BCUT2D eigenvalue weighted by Crippen LogP contribution is 2.27. The average Bonchev–Trinajstić information content (AvgIpc) is 2.66. The molecule has 0 atom stereocenters. The summed E-state index contributed by atoms with van der Waals surface area (Å²) in [7, 11) is 0. The molecule has 0 aliphatic carbocycles. The molecule has 2 heterocycles. The molecule has 1 aromatic carbocycles. The quantitative estimate of drug-likeness (QED) is 0.568. The van der Waals surface area contributed by atoms with Crippen molar-refractivity contribution in [3.8, 4) is 0 Å². The lowest BCUT2D eigenvalue weighted by Crippen LogP contribution is -1.80. The Labute approximate surface area is 84.4 Å². The van der Waals surface area contributed by atoms with E-state index < -0.39 is 0 Å². The summed E-state index contributed by atoms with van der Waals surface area (Å²) < 4.78 is 5.16. The molecular formula is C9H5N3OS. The van der Waals surface area contributed by atoms with E-state index in [9.17, 15) is 0 Å². The van der Waals surface area contributed by atoms with E-state index >= 15 is 0 Å². The average molecular weight is 203 g/mol. The van der Waals surface area contributed by atoms with Crippen molar-refractivity contribution in [1.29, 1.82) is 0 Å². The van der Waals surface area contributed by atoms with Crippen molar-refractivity contribution in [2.24, 2.45) is 0 Å². The lowest BCUT2D eigenvalue weighted by molar-refractivity contribution is 0.443. The summed E-state index contributed by atoms with van der Waals surface area (Å²) in [5.74, 6) is 0. The first-order valence-electron chi connectivity index (χ1n) is 4.03. The van der Waals surface area contributed by atoms with Crippen LogP contribution in [-0.4, -0.2) is 15.1 Å². The van der Waals surface area contributed by atoms with Gasteiger partial charge in [0.15, 0.2) is 5.58 Å². The first-order valence-corrected chi connectivity index (χ1v) is 4.48. The van der Waals surface area contributed by atoms with E-state index in [0.29, 0.717) is 5.58 Å². The zero-order chi connectivity index (χ0) is 9.54. The second-order valence-electron chi connectivity index (χ2n) is 2.89. The van der Waals surface area contributed by atoms with Crippen molar-refractivity contribution < 1.29 is 4.52 Å². The molecule has 3 rings (SSSR count). The van der Waals surface area contributed by atoms with Gasteiger partial charge >= 0.3 is 0 Å². The van der Waals surface area contributed by atoms with Gasteiger partial charge in [0.1, 0.15) is 11.8 Å². The van der Waals surface area contributed by atoms with Crippen LogP contribution in [0.5, 0.6) is 0 Å². The van der Waals surface area contributed by atoms with Crippen molar-refractivity contribution in [2.45, 2.75) is 4.90 Å². The second-order valence-corrected chi connectivity index (χ2v) is 3.37. The van der Waals surface area contributed by atoms with E-state index in [0.717, 1.165) is 21.3 Å². The van der Waals surface area contributed by atoms with Gasteiger partial charge in [-0.2, -0.15) is 0 Å². The van der Waals surface area contributed by atoms with E-state index in [1.165, 1.54) is 6.33 Å². The van der Waals surface area contributed by atoms with Crippen molar-refractivity contribution in [2.75, 3.05) is 0 Å². The summed E-state index contributed by atoms with van der Waals surface area (Å²) in [5.41, 5.74) is 2.14. The zero-order valence-electron chi connectivity index (χ0n) is 7.01. The number of aromatic nitrogens is 3. The van der Waals surface area contributed by atoms with E-state index in [1.807, 2.05) is 12.1 Å². The number of fused-ring (bicyclic) bond motifs is 3. The fraction of sp³-hybridized carbons (Fsp3) is 0. The topological polar surface area (TPSA) is 51.8 Å². The van der Waals surface area contributed by atoms with Crippen LogP contribution in [0.1, 0.15) is 0 Å². The fourth-order valence-electron chi connectivity index (χ4n) is 1.45. The monoisotopic (exact) mass is 203 g/mol. The summed E-state index contributed by atoms with van der Waals surface area (Å²) in [4.78, 5) is 9.01. The van der Waals surface area contributed by atoms with E-state index in [-0.39, 0.29) is 0 Å². The minimum Gasteiger partial charge on any atom is -0.354 e. The first kappa shape index (κ1) is 7.75. The van der Waals surface area contributed by atoms with Crippen LogP contribution in [0.15, 0.2) is 34.1 Å². The third-order valence-electron chi connectivity index (χ3n) is 2.08. The minimum atomic E-state index is 0.632. The first-order chi connectivity index (χ1) is 6.86. The molecule has 2 aromatic heterocycles. The van der Waals surface area contributed by atoms with E-state index in [1.54, 1.807) is 6.20 Å². The van der Waals surface area contributed by atoms with Crippen LogP contribution in [-0.2, 0) is 0 Å². The van der Waals surface area contributed by atoms with Gasteiger partial charge < -0.3 is 4.52 Å². The van der Waals surface area contributed by atoms with Crippen molar-refractivity contribution in [3.05, 3.63) is 24.7 Å². The van der Waals surface area contributed by atoms with Crippen LogP contribution in [0.25, 0.3) is 22.0 Å². The molecule has 3 aromatic rings. The Kier molecular flexibility index (Phi) is 1.49. The molecule has 0 bridgehead atoms. The molecule has 0 saturated heterocycles. The maximum atomic E-state index is 5.16. The van der Waals surface area contributed by atoms with Crippen LogP contribution >= 0.6 is 12.6 Å². The van der Waals surface area contributed by atoms with Crippen LogP contribution < -0.4 is 0 Å². The van der Waals surface area contributed by atoms with Gasteiger partial charge in [-0.25, -0.2) is 9.97 Å². The van der Waals surface area contributed by atoms with Crippen molar-refractivity contribution in [1.82, 2.24) is 15.1 Å². The predicted octanol–water partition coefficient (Wildman–Crippen LogP) is 2.06. The molecule has 0 spiro atoms. The lowest BCUT2D eigenvalue weighted by Gasteiger charge is -1.98. The maximum absolute atomic E-state index is 5.16. The van der Waals surface area contributed by atoms with Gasteiger partial charge in [0.2, 0.25) is 0 Å². The molecule has 0 aliphatic heterocycles. The van der Waals surface area contributed by atoms with Crippen LogP contribution in [0.4, 0.5) is 0 Å². The van der Waals surface area contributed by atoms with Crippen LogP contribution in [0, 0.1) is 0 Å². The number of rotatable bonds is 0. The molecular weight excluding hydrogens is 198 g/mol. The number of imidazole rings is 1. The Hall–Kier alpha value is -1.62. The molecule has 0 saturated carbocycles. The largest absolute Gasteiger partial charge is 0.354 e. The lowest BCUT2D eigenvalue weighted by atomic mass is 10.2. The standard InChI is InChI=1S/C9H5N3OS/c14-7-3-6-8(11-4-10-6)9-5(7)1-2-12-13-9/h1-4,14H. The summed E-state index contributed by atoms with van der Waals surface area (Å²) in [6, 6.07) is 3.71. The number of nitrogens with zero attached hydrogens (tertiary/aromatic N) is 3. The Morgan fingerprint density at radius 3 is 3.14 bits per heavy atom. The van der Waals surface area contributed by atoms with Crippen molar-refractivity contribution >= 4 is 34.6 Å². The van der Waals surface area contributed by atoms with Gasteiger partial charge in [0.25, 0.3) is 0 Å².